The van der Waals surface area contributed by atoms with Crippen LogP contribution < -0.4 is 15.6 Å². The van der Waals surface area contributed by atoms with Crippen molar-refractivity contribution in [1.29, 1.82) is 0 Å². The molecule has 25 heavy (non-hydrogen) atoms. The minimum atomic E-state index is 0.533. The van der Waals surface area contributed by atoms with Crippen LogP contribution in [0.5, 0.6) is 11.5 Å². The number of nitrogens with one attached hydrogen (secondary N) is 2. The van der Waals surface area contributed by atoms with E-state index < -0.39 is 0 Å². The molecule has 0 heterocycles. The summed E-state index contributed by atoms with van der Waals surface area (Å²) in [6, 6.07) is 26.5. The molecular formula is C22H24N2O. The van der Waals surface area contributed by atoms with E-state index in [1.165, 1.54) is 11.1 Å². The zero-order valence-electron chi connectivity index (χ0n) is 14.7. The summed E-state index contributed by atoms with van der Waals surface area (Å²) >= 11 is 0. The van der Waals surface area contributed by atoms with Crippen molar-refractivity contribution in [2.24, 2.45) is 0 Å². The Morgan fingerprint density at radius 1 is 0.760 bits per heavy atom. The molecule has 0 atom stereocenters. The standard InChI is InChI=1S/C22H24N2O/c1-17(2)19-10-14-22(15-11-19)25-21-12-8-18(9-13-21)16-23-24-20-6-4-3-5-7-20/h3-15,17,23-24H,16H2,1-2H3. The molecule has 0 spiro atoms. The van der Waals surface area contributed by atoms with Gasteiger partial charge in [-0.2, -0.15) is 0 Å². The maximum atomic E-state index is 5.91. The van der Waals surface area contributed by atoms with Gasteiger partial charge in [-0.15, -0.1) is 0 Å². The van der Waals surface area contributed by atoms with E-state index in [1.807, 2.05) is 54.6 Å². The first-order valence-corrected chi connectivity index (χ1v) is 8.61. The molecule has 0 aliphatic heterocycles. The van der Waals surface area contributed by atoms with Gasteiger partial charge < -0.3 is 10.2 Å². The zero-order valence-corrected chi connectivity index (χ0v) is 14.7. The predicted octanol–water partition coefficient (Wildman–Crippen LogP) is 5.72. The highest BCUT2D eigenvalue weighted by atomic mass is 16.5. The van der Waals surface area contributed by atoms with Gasteiger partial charge in [0.25, 0.3) is 0 Å². The largest absolute Gasteiger partial charge is 0.457 e. The molecule has 0 aromatic heterocycles. The molecule has 0 aliphatic carbocycles. The van der Waals surface area contributed by atoms with Crippen molar-refractivity contribution in [3.8, 4) is 11.5 Å². The van der Waals surface area contributed by atoms with Crippen molar-refractivity contribution >= 4 is 5.69 Å². The molecule has 0 unspecified atom stereocenters. The van der Waals surface area contributed by atoms with Gasteiger partial charge in [0, 0.05) is 12.2 Å². The lowest BCUT2D eigenvalue weighted by Crippen LogP contribution is -2.20. The van der Waals surface area contributed by atoms with Crippen LogP contribution in [0, 0.1) is 0 Å². The molecule has 128 valence electrons. The van der Waals surface area contributed by atoms with Gasteiger partial charge in [-0.25, -0.2) is 5.43 Å². The van der Waals surface area contributed by atoms with Gasteiger partial charge in [0.05, 0.1) is 0 Å². The van der Waals surface area contributed by atoms with Gasteiger partial charge in [-0.3, -0.25) is 0 Å². The summed E-state index contributed by atoms with van der Waals surface area (Å²) in [5.74, 6) is 2.24. The van der Waals surface area contributed by atoms with Gasteiger partial charge in [0.1, 0.15) is 11.5 Å². The third-order valence-corrected chi connectivity index (χ3v) is 4.00. The number of hydrazine groups is 1. The summed E-state index contributed by atoms with van der Waals surface area (Å²) in [5.41, 5.74) is 9.95. The van der Waals surface area contributed by atoms with E-state index in [1.54, 1.807) is 0 Å². The van der Waals surface area contributed by atoms with Crippen molar-refractivity contribution in [3.63, 3.8) is 0 Å². The molecule has 0 aliphatic rings. The van der Waals surface area contributed by atoms with Crippen LogP contribution >= 0.6 is 0 Å². The Morgan fingerprint density at radius 3 is 1.96 bits per heavy atom. The maximum Gasteiger partial charge on any atom is 0.127 e. The second-order valence-electron chi connectivity index (χ2n) is 6.31. The first-order valence-electron chi connectivity index (χ1n) is 8.61. The number of hydrogen-bond donors (Lipinski definition) is 2. The molecular weight excluding hydrogens is 308 g/mol. The van der Waals surface area contributed by atoms with Crippen LogP contribution in [0.1, 0.15) is 30.9 Å². The fraction of sp³-hybridized carbons (Fsp3) is 0.182. The van der Waals surface area contributed by atoms with Crippen LogP contribution in [0.4, 0.5) is 5.69 Å². The topological polar surface area (TPSA) is 33.3 Å². The molecule has 0 amide bonds. The van der Waals surface area contributed by atoms with Crippen LogP contribution in [0.25, 0.3) is 0 Å². The van der Waals surface area contributed by atoms with Gasteiger partial charge >= 0.3 is 0 Å². The average molecular weight is 332 g/mol. The minimum absolute atomic E-state index is 0.533. The van der Waals surface area contributed by atoms with Gasteiger partial charge in [-0.1, -0.05) is 56.3 Å². The van der Waals surface area contributed by atoms with E-state index in [9.17, 15) is 0 Å². The molecule has 0 bridgehead atoms. The van der Waals surface area contributed by atoms with E-state index in [0.29, 0.717) is 5.92 Å². The van der Waals surface area contributed by atoms with Crippen molar-refractivity contribution in [2.75, 3.05) is 5.43 Å². The number of para-hydroxylation sites is 1. The van der Waals surface area contributed by atoms with E-state index >= 15 is 0 Å². The summed E-state index contributed by atoms with van der Waals surface area (Å²) in [7, 11) is 0. The van der Waals surface area contributed by atoms with Gasteiger partial charge in [0.2, 0.25) is 0 Å². The van der Waals surface area contributed by atoms with E-state index in [-0.39, 0.29) is 0 Å². The van der Waals surface area contributed by atoms with Crippen LogP contribution in [-0.2, 0) is 6.54 Å². The highest BCUT2D eigenvalue weighted by Crippen LogP contribution is 2.24. The molecule has 3 rings (SSSR count). The first kappa shape index (κ1) is 17.1. The van der Waals surface area contributed by atoms with Crippen molar-refractivity contribution in [1.82, 2.24) is 5.43 Å². The SMILES string of the molecule is CC(C)c1ccc(Oc2ccc(CNNc3ccccc3)cc2)cc1. The highest BCUT2D eigenvalue weighted by molar-refractivity contribution is 5.41. The number of hydrogen-bond acceptors (Lipinski definition) is 3. The molecule has 0 saturated heterocycles. The van der Waals surface area contributed by atoms with E-state index in [4.69, 9.17) is 4.74 Å². The number of anilines is 1. The Bertz CT molecular complexity index is 765. The van der Waals surface area contributed by atoms with Gasteiger partial charge in [-0.05, 0) is 53.4 Å². The lowest BCUT2D eigenvalue weighted by Gasteiger charge is -2.10. The lowest BCUT2D eigenvalue weighted by molar-refractivity contribution is 0.482. The van der Waals surface area contributed by atoms with Crippen molar-refractivity contribution in [3.05, 3.63) is 90.0 Å². The Hall–Kier alpha value is -2.78. The van der Waals surface area contributed by atoms with Gasteiger partial charge in [0.15, 0.2) is 0 Å². The first-order chi connectivity index (χ1) is 12.2. The number of ether oxygens (including phenoxy) is 1. The number of rotatable bonds is 7. The Labute approximate surface area is 149 Å². The van der Waals surface area contributed by atoms with E-state index in [2.05, 4.69) is 49.0 Å². The molecule has 3 aromatic rings. The average Bonchev–Trinajstić information content (AvgIpc) is 2.64. The Kier molecular flexibility index (Phi) is 5.70. The third kappa shape index (κ3) is 5.10. The molecule has 0 saturated carbocycles. The maximum absolute atomic E-state index is 5.91. The van der Waals surface area contributed by atoms with Crippen LogP contribution in [0.15, 0.2) is 78.9 Å². The van der Waals surface area contributed by atoms with Crippen LogP contribution in [-0.4, -0.2) is 0 Å². The quantitative estimate of drug-likeness (QED) is 0.543. The predicted molar refractivity (Wildman–Crippen MR) is 104 cm³/mol. The van der Waals surface area contributed by atoms with E-state index in [0.717, 1.165) is 23.7 Å². The Balaban J connectivity index is 1.51. The summed E-state index contributed by atoms with van der Waals surface area (Å²) in [6.45, 7) is 5.11. The second kappa shape index (κ2) is 8.36. The third-order valence-electron chi connectivity index (χ3n) is 4.00. The fourth-order valence-corrected chi connectivity index (χ4v) is 2.50. The van der Waals surface area contributed by atoms with Crippen LogP contribution in [0.3, 0.4) is 0 Å². The monoisotopic (exact) mass is 332 g/mol. The molecule has 0 radical (unpaired) electrons. The van der Waals surface area contributed by atoms with Crippen LogP contribution in [0.2, 0.25) is 0 Å². The molecule has 0 fully saturated rings. The summed E-state index contributed by atoms with van der Waals surface area (Å²) in [4.78, 5) is 0. The minimum Gasteiger partial charge on any atom is -0.457 e. The molecule has 3 nitrogen and oxygen atoms in total. The highest BCUT2D eigenvalue weighted by Gasteiger charge is 2.01. The molecule has 3 heteroatoms. The fourth-order valence-electron chi connectivity index (χ4n) is 2.50. The zero-order chi connectivity index (χ0) is 17.5. The number of benzene rings is 3. The summed E-state index contributed by atoms with van der Waals surface area (Å²) < 4.78 is 5.91. The lowest BCUT2D eigenvalue weighted by atomic mass is 10.0. The normalized spacial score (nSPS) is 10.7. The Morgan fingerprint density at radius 2 is 1.36 bits per heavy atom. The second-order valence-corrected chi connectivity index (χ2v) is 6.31. The molecule has 3 aromatic carbocycles. The van der Waals surface area contributed by atoms with Crippen molar-refractivity contribution < 1.29 is 4.74 Å². The smallest absolute Gasteiger partial charge is 0.127 e. The van der Waals surface area contributed by atoms with Crippen molar-refractivity contribution in [2.45, 2.75) is 26.3 Å². The summed E-state index contributed by atoms with van der Waals surface area (Å²) in [5, 5.41) is 0. The molecule has 2 N–H and O–H groups in total. The summed E-state index contributed by atoms with van der Waals surface area (Å²) in [6.07, 6.45) is 0.